The fourth-order valence-electron chi connectivity index (χ4n) is 4.97. The highest BCUT2D eigenvalue weighted by Gasteiger charge is 2.48. The van der Waals surface area contributed by atoms with Crippen LogP contribution in [0.1, 0.15) is 55.5 Å². The molecule has 0 bridgehead atoms. The summed E-state index contributed by atoms with van der Waals surface area (Å²) in [5, 5.41) is 6.84. The maximum atomic E-state index is 13.4. The quantitative estimate of drug-likeness (QED) is 0.598. The molecule has 5 rings (SSSR count). The summed E-state index contributed by atoms with van der Waals surface area (Å²) < 4.78 is 57.4. The topological polar surface area (TPSA) is 113 Å². The van der Waals surface area contributed by atoms with Crippen LogP contribution in [-0.2, 0) is 28.4 Å². The van der Waals surface area contributed by atoms with E-state index < -0.39 is 34.8 Å². The number of sulfonamides is 1. The van der Waals surface area contributed by atoms with Crippen LogP contribution in [0.3, 0.4) is 0 Å². The van der Waals surface area contributed by atoms with Crippen molar-refractivity contribution in [3.05, 3.63) is 29.3 Å². The Bertz CT molecular complexity index is 1330. The molecule has 2 fully saturated rings. The number of hydrogen-bond donors (Lipinski definition) is 2. The van der Waals surface area contributed by atoms with Gasteiger partial charge in [-0.3, -0.25) is 14.3 Å². The number of fused-ring (bicyclic) bond motifs is 1. The van der Waals surface area contributed by atoms with E-state index in [9.17, 15) is 26.8 Å². The molecule has 2 aliphatic carbocycles. The average Bonchev–Trinajstić information content (AvgIpc) is 3.44. The lowest BCUT2D eigenvalue weighted by atomic mass is 9.89. The van der Waals surface area contributed by atoms with Gasteiger partial charge in [-0.2, -0.15) is 5.10 Å². The summed E-state index contributed by atoms with van der Waals surface area (Å²) in [6.45, 7) is 3.58. The molecule has 12 heteroatoms. The van der Waals surface area contributed by atoms with Crippen LogP contribution in [0.4, 0.5) is 14.6 Å². The molecule has 0 radical (unpaired) electrons. The lowest BCUT2D eigenvalue weighted by molar-refractivity contribution is -0.114. The second-order valence-electron chi connectivity index (χ2n) is 9.82. The largest absolute Gasteiger partial charge is 0.331 e. The molecule has 1 aromatic heterocycles. The summed E-state index contributed by atoms with van der Waals surface area (Å²) in [5.74, 6) is -2.87. The predicted octanol–water partition coefficient (Wildman–Crippen LogP) is 2.88. The normalized spacial score (nSPS) is 20.5. The van der Waals surface area contributed by atoms with Crippen LogP contribution < -0.4 is 10.0 Å². The van der Waals surface area contributed by atoms with Crippen molar-refractivity contribution in [2.24, 2.45) is 13.0 Å². The zero-order valence-corrected chi connectivity index (χ0v) is 20.5. The monoisotopic (exact) mass is 507 g/mol. The van der Waals surface area contributed by atoms with Gasteiger partial charge in [0, 0.05) is 57.1 Å². The molecule has 2 saturated carbocycles. The number of amides is 2. The Labute approximate surface area is 201 Å². The highest BCUT2D eigenvalue weighted by Crippen LogP contribution is 2.42. The van der Waals surface area contributed by atoms with E-state index in [-0.39, 0.29) is 34.9 Å². The molecule has 1 aliphatic heterocycles. The number of benzene rings is 1. The van der Waals surface area contributed by atoms with E-state index in [0.29, 0.717) is 28.6 Å². The molecular weight excluding hydrogens is 480 g/mol. The highest BCUT2D eigenvalue weighted by atomic mass is 32.2. The van der Waals surface area contributed by atoms with Gasteiger partial charge >= 0.3 is 0 Å². The van der Waals surface area contributed by atoms with Gasteiger partial charge in [-0.05, 0) is 43.4 Å². The van der Waals surface area contributed by atoms with E-state index in [1.165, 1.54) is 17.7 Å². The number of carbonyl (C=O) groups is 2. The first-order valence-corrected chi connectivity index (χ1v) is 13.0. The Morgan fingerprint density at radius 1 is 1.23 bits per heavy atom. The molecule has 2 aromatic rings. The van der Waals surface area contributed by atoms with Crippen molar-refractivity contribution in [2.45, 2.75) is 69.0 Å². The molecule has 35 heavy (non-hydrogen) atoms. The van der Waals surface area contributed by atoms with Crippen molar-refractivity contribution < 1.29 is 26.8 Å². The van der Waals surface area contributed by atoms with Crippen LogP contribution in [0.2, 0.25) is 0 Å². The molecule has 2 N–H and O–H groups in total. The zero-order valence-electron chi connectivity index (χ0n) is 19.6. The number of aryl methyl sites for hydroxylation is 1. The average molecular weight is 508 g/mol. The Balaban J connectivity index is 1.57. The molecule has 0 saturated heterocycles. The smallest absolute Gasteiger partial charge is 0.256 e. The standard InChI is InChI=1S/C23H27F2N5O4S/c1-12(14-4-5-14)30-11-16-6-15(18-8-20(26-13(2)31)27-29(18)3)7-19(21(16)22(30)32)35(33,34)28-17-9-23(24,25)10-17/h6-8,12,14,17,28H,4-5,9-11H2,1-3H3,(H,26,27,31). The van der Waals surface area contributed by atoms with Crippen LogP contribution in [0.15, 0.2) is 23.1 Å². The molecule has 1 unspecified atom stereocenters. The number of carbonyl (C=O) groups excluding carboxylic acids is 2. The van der Waals surface area contributed by atoms with Gasteiger partial charge in [0.25, 0.3) is 11.8 Å². The number of nitrogens with zero attached hydrogens (tertiary/aromatic N) is 3. The molecular formula is C23H27F2N5O4S. The maximum absolute atomic E-state index is 13.4. The summed E-state index contributed by atoms with van der Waals surface area (Å²) in [6, 6.07) is 3.83. The van der Waals surface area contributed by atoms with E-state index >= 15 is 0 Å². The minimum Gasteiger partial charge on any atom is -0.331 e. The Hall–Kier alpha value is -2.86. The molecule has 2 heterocycles. The molecule has 9 nitrogen and oxygen atoms in total. The summed E-state index contributed by atoms with van der Waals surface area (Å²) in [7, 11) is -2.61. The van der Waals surface area contributed by atoms with Crippen LogP contribution in [0.5, 0.6) is 0 Å². The molecule has 188 valence electrons. The second-order valence-corrected chi connectivity index (χ2v) is 11.5. The zero-order chi connectivity index (χ0) is 25.3. The Morgan fingerprint density at radius 2 is 1.91 bits per heavy atom. The summed E-state index contributed by atoms with van der Waals surface area (Å²) in [6.07, 6.45) is 0.898. The third-order valence-electron chi connectivity index (χ3n) is 6.98. The van der Waals surface area contributed by atoms with E-state index in [1.807, 2.05) is 6.92 Å². The van der Waals surface area contributed by atoms with Crippen molar-refractivity contribution in [2.75, 3.05) is 5.32 Å². The summed E-state index contributed by atoms with van der Waals surface area (Å²) >= 11 is 0. The van der Waals surface area contributed by atoms with E-state index in [4.69, 9.17) is 0 Å². The van der Waals surface area contributed by atoms with Gasteiger partial charge in [-0.15, -0.1) is 0 Å². The number of nitrogens with one attached hydrogen (secondary N) is 2. The number of aromatic nitrogens is 2. The van der Waals surface area contributed by atoms with Gasteiger partial charge in [0.2, 0.25) is 15.9 Å². The van der Waals surface area contributed by atoms with Crippen molar-refractivity contribution in [1.82, 2.24) is 19.4 Å². The van der Waals surface area contributed by atoms with Crippen LogP contribution in [0, 0.1) is 5.92 Å². The Morgan fingerprint density at radius 3 is 2.51 bits per heavy atom. The van der Waals surface area contributed by atoms with Crippen LogP contribution >= 0.6 is 0 Å². The second kappa shape index (κ2) is 8.09. The van der Waals surface area contributed by atoms with Crippen molar-refractivity contribution in [3.63, 3.8) is 0 Å². The molecule has 0 spiro atoms. The first-order chi connectivity index (χ1) is 16.3. The SMILES string of the molecule is CC(=O)Nc1cc(-c2cc3c(c(S(=O)(=O)NC4CC(F)(F)C4)c2)C(=O)N(C(C)C2CC2)C3)n(C)n1. The molecule has 3 aliphatic rings. The summed E-state index contributed by atoms with van der Waals surface area (Å²) in [5.41, 5.74) is 1.67. The van der Waals surface area contributed by atoms with E-state index in [1.54, 1.807) is 24.1 Å². The minimum absolute atomic E-state index is 0.0322. The predicted molar refractivity (Wildman–Crippen MR) is 123 cm³/mol. The van der Waals surface area contributed by atoms with Gasteiger partial charge < -0.3 is 10.2 Å². The number of rotatable bonds is 7. The third kappa shape index (κ3) is 4.44. The minimum atomic E-state index is -4.27. The van der Waals surface area contributed by atoms with E-state index in [0.717, 1.165) is 12.8 Å². The first-order valence-electron chi connectivity index (χ1n) is 11.5. The van der Waals surface area contributed by atoms with Crippen molar-refractivity contribution in [1.29, 1.82) is 0 Å². The van der Waals surface area contributed by atoms with Crippen molar-refractivity contribution in [3.8, 4) is 11.3 Å². The highest BCUT2D eigenvalue weighted by molar-refractivity contribution is 7.89. The fourth-order valence-corrected chi connectivity index (χ4v) is 6.47. The number of hydrogen-bond acceptors (Lipinski definition) is 5. The molecule has 1 atom stereocenters. The van der Waals surface area contributed by atoms with Crippen LogP contribution in [-0.4, -0.2) is 52.9 Å². The molecule has 2 amide bonds. The van der Waals surface area contributed by atoms with Gasteiger partial charge in [-0.1, -0.05) is 0 Å². The molecule has 1 aromatic carbocycles. The number of anilines is 1. The van der Waals surface area contributed by atoms with E-state index in [2.05, 4.69) is 15.1 Å². The van der Waals surface area contributed by atoms with Gasteiger partial charge in [0.05, 0.1) is 16.2 Å². The van der Waals surface area contributed by atoms with Crippen molar-refractivity contribution >= 4 is 27.7 Å². The lowest BCUT2D eigenvalue weighted by Crippen LogP contribution is -2.50. The van der Waals surface area contributed by atoms with Crippen LogP contribution in [0.25, 0.3) is 11.3 Å². The van der Waals surface area contributed by atoms with Gasteiger partial charge in [0.15, 0.2) is 5.82 Å². The maximum Gasteiger partial charge on any atom is 0.256 e. The lowest BCUT2D eigenvalue weighted by Gasteiger charge is -2.35. The summed E-state index contributed by atoms with van der Waals surface area (Å²) in [4.78, 5) is 26.3. The number of halogens is 2. The fraction of sp³-hybridized carbons (Fsp3) is 0.522. The first kappa shape index (κ1) is 23.9. The third-order valence-corrected chi connectivity index (χ3v) is 8.52. The number of alkyl halides is 2. The van der Waals surface area contributed by atoms with Gasteiger partial charge in [-0.25, -0.2) is 21.9 Å². The van der Waals surface area contributed by atoms with Gasteiger partial charge in [0.1, 0.15) is 0 Å². The Kier molecular flexibility index (Phi) is 5.51.